The third kappa shape index (κ3) is 23.1. The Morgan fingerprint density at radius 3 is 1.50 bits per heavy atom. The first kappa shape index (κ1) is 4.49. The summed E-state index contributed by atoms with van der Waals surface area (Å²) in [7, 11) is 0. The normalized spacial score (nSPS) is 9.00. The SMILES string of the molecule is C[As](C)F. The van der Waals surface area contributed by atoms with Gasteiger partial charge in [0.1, 0.15) is 0 Å². The van der Waals surface area contributed by atoms with Crippen molar-refractivity contribution in [1.29, 1.82) is 0 Å². The second-order valence-electron chi connectivity index (χ2n) is 0.785. The van der Waals surface area contributed by atoms with Gasteiger partial charge >= 0.3 is 30.0 Å². The van der Waals surface area contributed by atoms with Crippen molar-refractivity contribution >= 4 is 15.1 Å². The predicted octanol–water partition coefficient (Wildman–Crippen LogP) is 1.21. The summed E-state index contributed by atoms with van der Waals surface area (Å²) in [5.74, 6) is 0. The van der Waals surface area contributed by atoms with E-state index in [1.54, 1.807) is 11.4 Å². The van der Waals surface area contributed by atoms with Gasteiger partial charge in [-0.1, -0.05) is 0 Å². The van der Waals surface area contributed by atoms with Gasteiger partial charge in [0.25, 0.3) is 0 Å². The van der Waals surface area contributed by atoms with Gasteiger partial charge in [-0.3, -0.25) is 0 Å². The van der Waals surface area contributed by atoms with Crippen LogP contribution in [0.5, 0.6) is 0 Å². The molecule has 0 heterocycles. The van der Waals surface area contributed by atoms with Crippen LogP contribution in [0.4, 0.5) is 3.47 Å². The number of rotatable bonds is 0. The first-order valence-electron chi connectivity index (χ1n) is 1.06. The van der Waals surface area contributed by atoms with E-state index in [1.807, 2.05) is 0 Å². The molecule has 4 heavy (non-hydrogen) atoms. The van der Waals surface area contributed by atoms with Gasteiger partial charge in [0.15, 0.2) is 0 Å². The zero-order valence-corrected chi connectivity index (χ0v) is 4.70. The van der Waals surface area contributed by atoms with Crippen LogP contribution >= 0.6 is 0 Å². The summed E-state index contributed by atoms with van der Waals surface area (Å²) in [5, 5.41) is 0. The van der Waals surface area contributed by atoms with Crippen LogP contribution in [0.2, 0.25) is 11.4 Å². The Hall–Kier alpha value is 0.488. The van der Waals surface area contributed by atoms with Gasteiger partial charge in [-0.25, -0.2) is 0 Å². The van der Waals surface area contributed by atoms with Crippen molar-refractivity contribution in [2.45, 2.75) is 11.4 Å². The van der Waals surface area contributed by atoms with Gasteiger partial charge in [0.05, 0.1) is 0 Å². The molecule has 0 atom stereocenters. The summed E-state index contributed by atoms with van der Waals surface area (Å²) in [6, 6.07) is 0. The van der Waals surface area contributed by atoms with Crippen LogP contribution in [-0.4, -0.2) is 15.1 Å². The molecule has 0 rings (SSSR count). The fourth-order valence-electron chi connectivity index (χ4n) is 0. The second kappa shape index (κ2) is 1.78. The second-order valence-corrected chi connectivity index (χ2v) is 4.08. The monoisotopic (exact) mass is 124 g/mol. The molecule has 26 valence electrons. The molecule has 0 bridgehead atoms. The van der Waals surface area contributed by atoms with E-state index in [2.05, 4.69) is 0 Å². The molecule has 0 aromatic carbocycles. The molecule has 0 aromatic rings. The summed E-state index contributed by atoms with van der Waals surface area (Å²) >= 11 is -1.69. The van der Waals surface area contributed by atoms with Crippen molar-refractivity contribution in [1.82, 2.24) is 0 Å². The molecule has 0 aromatic heterocycles. The maximum atomic E-state index is 11.1. The Morgan fingerprint density at radius 2 is 1.50 bits per heavy atom. The molecular formula is C2H6AsF. The first-order valence-corrected chi connectivity index (χ1v) is 5.53. The van der Waals surface area contributed by atoms with E-state index in [-0.39, 0.29) is 0 Å². The quantitative estimate of drug-likeness (QED) is 0.425. The number of halogens is 1. The van der Waals surface area contributed by atoms with E-state index in [4.69, 9.17) is 0 Å². The maximum absolute atomic E-state index is 11.1. The van der Waals surface area contributed by atoms with Crippen LogP contribution in [0.3, 0.4) is 0 Å². The van der Waals surface area contributed by atoms with E-state index in [0.717, 1.165) is 0 Å². The Labute approximate surface area is 30.8 Å². The number of hydrogen-bond acceptors (Lipinski definition) is 0. The van der Waals surface area contributed by atoms with E-state index in [0.29, 0.717) is 0 Å². The summed E-state index contributed by atoms with van der Waals surface area (Å²) < 4.78 is 11.1. The Kier molecular flexibility index (Phi) is 1.99. The number of hydrogen-bond donors (Lipinski definition) is 0. The van der Waals surface area contributed by atoms with Gasteiger partial charge in [-0.05, 0) is 0 Å². The molecule has 0 spiro atoms. The summed E-state index contributed by atoms with van der Waals surface area (Å²) in [6.07, 6.45) is 0. The molecule has 0 aliphatic rings. The summed E-state index contributed by atoms with van der Waals surface area (Å²) in [6.45, 7) is 0. The van der Waals surface area contributed by atoms with Gasteiger partial charge in [0, 0.05) is 0 Å². The molecule has 0 unspecified atom stereocenters. The standard InChI is InChI=1S/C2H6AsF/c1-3(2)4/h1-2H3. The Bertz CT molecular complexity index is 10.8. The van der Waals surface area contributed by atoms with Crippen molar-refractivity contribution in [3.8, 4) is 0 Å². The minimum atomic E-state index is -1.69. The predicted molar refractivity (Wildman–Crippen MR) is 18.6 cm³/mol. The molecule has 0 amide bonds. The molecule has 0 saturated carbocycles. The minimum absolute atomic E-state index is 1.65. The van der Waals surface area contributed by atoms with Crippen LogP contribution in [0.1, 0.15) is 0 Å². The van der Waals surface area contributed by atoms with Crippen molar-refractivity contribution in [3.05, 3.63) is 0 Å². The topological polar surface area (TPSA) is 0 Å². The summed E-state index contributed by atoms with van der Waals surface area (Å²) in [5.41, 5.74) is 3.29. The molecule has 0 fully saturated rings. The van der Waals surface area contributed by atoms with Gasteiger partial charge in [-0.15, -0.1) is 0 Å². The van der Waals surface area contributed by atoms with E-state index < -0.39 is 15.1 Å². The van der Waals surface area contributed by atoms with Crippen molar-refractivity contribution < 1.29 is 3.47 Å². The molecule has 2 heteroatoms. The van der Waals surface area contributed by atoms with Crippen LogP contribution in [0.25, 0.3) is 0 Å². The fraction of sp³-hybridized carbons (Fsp3) is 1.00. The average molecular weight is 124 g/mol. The molecule has 0 aliphatic carbocycles. The third-order valence-electron chi connectivity index (χ3n) is 0. The van der Waals surface area contributed by atoms with Crippen molar-refractivity contribution in [2.75, 3.05) is 0 Å². The van der Waals surface area contributed by atoms with E-state index >= 15 is 0 Å². The molecule has 0 radical (unpaired) electrons. The molecule has 0 saturated heterocycles. The van der Waals surface area contributed by atoms with Crippen molar-refractivity contribution in [2.24, 2.45) is 0 Å². The Balaban J connectivity index is 2.32. The first-order chi connectivity index (χ1) is 1.73. The van der Waals surface area contributed by atoms with E-state index in [1.165, 1.54) is 0 Å². The molecular weight excluding hydrogens is 118 g/mol. The third-order valence-corrected chi connectivity index (χ3v) is 0. The molecule has 0 N–H and O–H groups in total. The molecule has 0 nitrogen and oxygen atoms in total. The van der Waals surface area contributed by atoms with E-state index in [9.17, 15) is 3.47 Å². The van der Waals surface area contributed by atoms with Gasteiger partial charge in [-0.2, -0.15) is 0 Å². The average Bonchev–Trinajstić information content (AvgIpc) is 0.811. The Morgan fingerprint density at radius 1 is 1.50 bits per heavy atom. The van der Waals surface area contributed by atoms with Crippen LogP contribution in [0, 0.1) is 0 Å². The molecule has 0 aliphatic heterocycles. The van der Waals surface area contributed by atoms with Crippen LogP contribution < -0.4 is 0 Å². The van der Waals surface area contributed by atoms with Gasteiger partial charge < -0.3 is 0 Å². The summed E-state index contributed by atoms with van der Waals surface area (Å²) in [4.78, 5) is 0. The fourth-order valence-corrected chi connectivity index (χ4v) is 0. The van der Waals surface area contributed by atoms with Crippen LogP contribution in [0.15, 0.2) is 0 Å². The van der Waals surface area contributed by atoms with Crippen LogP contribution in [-0.2, 0) is 0 Å². The zero-order valence-electron chi connectivity index (χ0n) is 2.83. The van der Waals surface area contributed by atoms with Crippen molar-refractivity contribution in [3.63, 3.8) is 0 Å². The van der Waals surface area contributed by atoms with Gasteiger partial charge in [0.2, 0.25) is 0 Å². The zero-order chi connectivity index (χ0) is 3.58.